The average Bonchev–Trinajstić information content (AvgIpc) is 2.32. The van der Waals surface area contributed by atoms with Crippen LogP contribution in [-0.4, -0.2) is 26.2 Å². The van der Waals surface area contributed by atoms with E-state index in [1.54, 1.807) is 13.2 Å². The van der Waals surface area contributed by atoms with Gasteiger partial charge in [-0.1, -0.05) is 0 Å². The molecule has 0 heterocycles. The van der Waals surface area contributed by atoms with Gasteiger partial charge in [0.1, 0.15) is 0 Å². The number of rotatable bonds is 6. The second-order valence-corrected chi connectivity index (χ2v) is 4.99. The molecule has 0 spiro atoms. The van der Waals surface area contributed by atoms with E-state index in [2.05, 4.69) is 33.9 Å². The summed E-state index contributed by atoms with van der Waals surface area (Å²) < 4.78 is 5.72. The van der Waals surface area contributed by atoms with Gasteiger partial charge in [-0.05, 0) is 47.0 Å². The first-order chi connectivity index (χ1) is 8.15. The first kappa shape index (κ1) is 14.5. The highest BCUT2D eigenvalue weighted by Gasteiger charge is 2.09. The summed E-state index contributed by atoms with van der Waals surface area (Å²) >= 11 is 7.57. The molecular formula is C12H16BrNO2S. The van der Waals surface area contributed by atoms with Gasteiger partial charge < -0.3 is 10.1 Å². The molecule has 94 valence electrons. The van der Waals surface area contributed by atoms with Crippen LogP contribution in [0.1, 0.15) is 23.2 Å². The summed E-state index contributed by atoms with van der Waals surface area (Å²) in [6.45, 7) is 1.39. The molecule has 0 aliphatic carbocycles. The van der Waals surface area contributed by atoms with Crippen molar-refractivity contribution in [2.45, 2.75) is 17.7 Å². The van der Waals surface area contributed by atoms with Crippen LogP contribution >= 0.6 is 28.6 Å². The molecule has 0 fully saturated rings. The molecule has 0 radical (unpaired) electrons. The highest BCUT2D eigenvalue weighted by Crippen LogP contribution is 2.20. The van der Waals surface area contributed by atoms with Crippen LogP contribution < -0.4 is 5.32 Å². The van der Waals surface area contributed by atoms with Crippen molar-refractivity contribution in [3.8, 4) is 0 Å². The van der Waals surface area contributed by atoms with Gasteiger partial charge in [-0.25, -0.2) is 0 Å². The van der Waals surface area contributed by atoms with E-state index in [1.165, 1.54) is 0 Å². The van der Waals surface area contributed by atoms with Crippen molar-refractivity contribution in [2.24, 2.45) is 0 Å². The van der Waals surface area contributed by atoms with Crippen LogP contribution in [-0.2, 0) is 4.74 Å². The average molecular weight is 318 g/mol. The predicted molar refractivity (Wildman–Crippen MR) is 74.8 cm³/mol. The van der Waals surface area contributed by atoms with Crippen molar-refractivity contribution in [1.29, 1.82) is 0 Å². The Kier molecular flexibility index (Phi) is 6.62. The molecule has 17 heavy (non-hydrogen) atoms. The Bertz CT molecular complexity index is 385. The molecule has 0 aliphatic rings. The van der Waals surface area contributed by atoms with E-state index >= 15 is 0 Å². The lowest BCUT2D eigenvalue weighted by atomic mass is 10.2. The number of nitrogens with one attached hydrogen (secondary N) is 1. The molecule has 0 aliphatic heterocycles. The largest absolute Gasteiger partial charge is 0.385 e. The lowest BCUT2D eigenvalue weighted by Crippen LogP contribution is -2.25. The van der Waals surface area contributed by atoms with Gasteiger partial charge >= 0.3 is 0 Å². The molecule has 0 saturated carbocycles. The van der Waals surface area contributed by atoms with E-state index in [9.17, 15) is 4.79 Å². The highest BCUT2D eigenvalue weighted by atomic mass is 79.9. The van der Waals surface area contributed by atoms with Gasteiger partial charge in [-0.15, -0.1) is 12.6 Å². The first-order valence-corrected chi connectivity index (χ1v) is 6.65. The summed E-state index contributed by atoms with van der Waals surface area (Å²) in [5, 5.41) is 2.87. The van der Waals surface area contributed by atoms with Gasteiger partial charge in [0, 0.05) is 29.6 Å². The number of ether oxygens (including phenoxy) is 1. The molecular weight excluding hydrogens is 302 g/mol. The first-order valence-electron chi connectivity index (χ1n) is 5.41. The molecule has 0 bridgehead atoms. The minimum atomic E-state index is -0.0785. The summed E-state index contributed by atoms with van der Waals surface area (Å²) in [7, 11) is 1.67. The topological polar surface area (TPSA) is 38.3 Å². The number of carbonyl (C=O) groups is 1. The molecule has 0 unspecified atom stereocenters. The fraction of sp³-hybridized carbons (Fsp3) is 0.417. The number of hydrogen-bond acceptors (Lipinski definition) is 3. The van der Waals surface area contributed by atoms with Gasteiger partial charge in [-0.3, -0.25) is 4.79 Å². The lowest BCUT2D eigenvalue weighted by molar-refractivity contribution is 0.0950. The predicted octanol–water partition coefficient (Wildman–Crippen LogP) is 2.89. The standard InChI is InChI=1S/C12H16BrNO2S/c1-16-7-3-2-6-14-12(15)10-8-9(17)4-5-11(10)13/h4-5,8,17H,2-3,6-7H2,1H3,(H,14,15). The molecule has 1 amide bonds. The molecule has 0 saturated heterocycles. The normalized spacial score (nSPS) is 10.3. The summed E-state index contributed by atoms with van der Waals surface area (Å²) in [4.78, 5) is 12.6. The number of amides is 1. The molecule has 1 N–H and O–H groups in total. The molecule has 1 aromatic rings. The maximum atomic E-state index is 11.8. The summed E-state index contributed by atoms with van der Waals surface area (Å²) in [5.74, 6) is -0.0785. The van der Waals surface area contributed by atoms with Crippen molar-refractivity contribution in [1.82, 2.24) is 5.32 Å². The zero-order valence-corrected chi connectivity index (χ0v) is 12.2. The molecule has 1 aromatic carbocycles. The van der Waals surface area contributed by atoms with E-state index in [0.29, 0.717) is 12.1 Å². The molecule has 1 rings (SSSR count). The Morgan fingerprint density at radius 2 is 2.24 bits per heavy atom. The van der Waals surface area contributed by atoms with Gasteiger partial charge in [0.05, 0.1) is 5.56 Å². The van der Waals surface area contributed by atoms with Crippen LogP contribution in [0, 0.1) is 0 Å². The van der Waals surface area contributed by atoms with Crippen molar-refractivity contribution < 1.29 is 9.53 Å². The minimum absolute atomic E-state index is 0.0785. The highest BCUT2D eigenvalue weighted by molar-refractivity contribution is 9.10. The molecule has 5 heteroatoms. The second kappa shape index (κ2) is 7.74. The second-order valence-electron chi connectivity index (χ2n) is 3.62. The van der Waals surface area contributed by atoms with Crippen LogP contribution in [0.15, 0.2) is 27.6 Å². The smallest absolute Gasteiger partial charge is 0.252 e. The molecule has 0 aromatic heterocycles. The Labute approximate surface area is 115 Å². The van der Waals surface area contributed by atoms with Crippen LogP contribution in [0.25, 0.3) is 0 Å². The fourth-order valence-corrected chi connectivity index (χ4v) is 1.99. The van der Waals surface area contributed by atoms with Gasteiger partial charge in [-0.2, -0.15) is 0 Å². The molecule has 0 atom stereocenters. The Hall–Kier alpha value is -0.520. The number of carbonyl (C=O) groups excluding carboxylic acids is 1. The third-order valence-corrected chi connectivity index (χ3v) is 3.23. The van der Waals surface area contributed by atoms with E-state index in [1.807, 2.05) is 12.1 Å². The van der Waals surface area contributed by atoms with Crippen LogP contribution in [0.5, 0.6) is 0 Å². The third kappa shape index (κ3) is 5.10. The Balaban J connectivity index is 2.44. The number of methoxy groups -OCH3 is 1. The Morgan fingerprint density at radius 1 is 1.47 bits per heavy atom. The van der Waals surface area contributed by atoms with E-state index in [0.717, 1.165) is 28.8 Å². The zero-order chi connectivity index (χ0) is 12.7. The van der Waals surface area contributed by atoms with Crippen molar-refractivity contribution >= 4 is 34.5 Å². The van der Waals surface area contributed by atoms with E-state index in [4.69, 9.17) is 4.74 Å². The number of thiol groups is 1. The maximum Gasteiger partial charge on any atom is 0.252 e. The molecule has 3 nitrogen and oxygen atoms in total. The number of hydrogen-bond donors (Lipinski definition) is 2. The maximum absolute atomic E-state index is 11.8. The van der Waals surface area contributed by atoms with Crippen LogP contribution in [0.2, 0.25) is 0 Å². The van der Waals surface area contributed by atoms with Crippen molar-refractivity contribution in [3.63, 3.8) is 0 Å². The fourth-order valence-electron chi connectivity index (χ4n) is 1.36. The number of halogens is 1. The Morgan fingerprint density at radius 3 is 2.94 bits per heavy atom. The van der Waals surface area contributed by atoms with Gasteiger partial charge in [0.15, 0.2) is 0 Å². The van der Waals surface area contributed by atoms with Gasteiger partial charge in [0.25, 0.3) is 5.91 Å². The summed E-state index contributed by atoms with van der Waals surface area (Å²) in [5.41, 5.74) is 0.615. The number of benzene rings is 1. The van der Waals surface area contributed by atoms with Crippen molar-refractivity contribution in [2.75, 3.05) is 20.3 Å². The van der Waals surface area contributed by atoms with Crippen LogP contribution in [0.4, 0.5) is 0 Å². The summed E-state index contributed by atoms with van der Waals surface area (Å²) in [6, 6.07) is 5.41. The third-order valence-electron chi connectivity index (χ3n) is 2.26. The minimum Gasteiger partial charge on any atom is -0.385 e. The quantitative estimate of drug-likeness (QED) is 0.625. The van der Waals surface area contributed by atoms with Crippen molar-refractivity contribution in [3.05, 3.63) is 28.2 Å². The lowest BCUT2D eigenvalue weighted by Gasteiger charge is -2.07. The van der Waals surface area contributed by atoms with Crippen LogP contribution in [0.3, 0.4) is 0 Å². The van der Waals surface area contributed by atoms with E-state index < -0.39 is 0 Å². The number of unbranched alkanes of at least 4 members (excludes halogenated alkanes) is 1. The van der Waals surface area contributed by atoms with Gasteiger partial charge in [0.2, 0.25) is 0 Å². The summed E-state index contributed by atoms with van der Waals surface area (Å²) in [6.07, 6.45) is 1.86. The van der Waals surface area contributed by atoms with E-state index in [-0.39, 0.29) is 5.91 Å². The monoisotopic (exact) mass is 317 g/mol. The SMILES string of the molecule is COCCCCNC(=O)c1cc(S)ccc1Br. The zero-order valence-electron chi connectivity index (χ0n) is 9.70.